The van der Waals surface area contributed by atoms with Crippen molar-refractivity contribution in [3.63, 3.8) is 0 Å². The highest BCUT2D eigenvalue weighted by Gasteiger charge is 2.39. The van der Waals surface area contributed by atoms with Crippen LogP contribution in [0.3, 0.4) is 0 Å². The van der Waals surface area contributed by atoms with Crippen LogP contribution in [0.4, 0.5) is 10.5 Å². The highest BCUT2D eigenvalue weighted by Crippen LogP contribution is 2.30. The van der Waals surface area contributed by atoms with Gasteiger partial charge in [0.1, 0.15) is 0 Å². The Balaban J connectivity index is 1.58. The van der Waals surface area contributed by atoms with E-state index in [-0.39, 0.29) is 11.9 Å². The second-order valence-electron chi connectivity index (χ2n) is 8.05. The van der Waals surface area contributed by atoms with Gasteiger partial charge in [-0.05, 0) is 51.3 Å². The number of hydrogen-bond donors (Lipinski definition) is 2. The van der Waals surface area contributed by atoms with Crippen LogP contribution >= 0.6 is 0 Å². The summed E-state index contributed by atoms with van der Waals surface area (Å²) in [6.45, 7) is 7.59. The van der Waals surface area contributed by atoms with Gasteiger partial charge in [0.2, 0.25) is 5.91 Å². The summed E-state index contributed by atoms with van der Waals surface area (Å²) in [7, 11) is 0. The van der Waals surface area contributed by atoms with Gasteiger partial charge >= 0.3 is 6.03 Å². The van der Waals surface area contributed by atoms with Crippen molar-refractivity contribution in [3.8, 4) is 0 Å². The van der Waals surface area contributed by atoms with Crippen LogP contribution in [0, 0.1) is 19.3 Å². The fourth-order valence-electron chi connectivity index (χ4n) is 3.54. The van der Waals surface area contributed by atoms with E-state index in [0.717, 1.165) is 29.7 Å². The Bertz CT molecular complexity index is 830. The van der Waals surface area contributed by atoms with Crippen molar-refractivity contribution in [1.29, 1.82) is 0 Å². The molecule has 0 unspecified atom stereocenters. The number of hydrogen-bond acceptors (Lipinski definition) is 2. The minimum absolute atomic E-state index is 0.000843. The number of piperidine rings is 1. The zero-order chi connectivity index (χ0) is 20.1. The molecule has 5 nitrogen and oxygen atoms in total. The number of anilines is 1. The Morgan fingerprint density at radius 2 is 1.61 bits per heavy atom. The topological polar surface area (TPSA) is 61.4 Å². The number of likely N-dealkylation sites (tertiary alicyclic amines) is 1. The van der Waals surface area contributed by atoms with Crippen molar-refractivity contribution >= 4 is 17.6 Å². The van der Waals surface area contributed by atoms with E-state index in [1.165, 1.54) is 5.56 Å². The first-order valence-corrected chi connectivity index (χ1v) is 9.82. The monoisotopic (exact) mass is 379 g/mol. The first-order chi connectivity index (χ1) is 13.4. The summed E-state index contributed by atoms with van der Waals surface area (Å²) in [5, 5.41) is 5.98. The number of benzene rings is 2. The maximum atomic E-state index is 12.9. The first kappa shape index (κ1) is 19.9. The largest absolute Gasteiger partial charge is 0.351 e. The molecule has 2 aromatic rings. The molecule has 0 aromatic heterocycles. The highest BCUT2D eigenvalue weighted by molar-refractivity contribution is 5.90. The second kappa shape index (κ2) is 8.46. The van der Waals surface area contributed by atoms with Gasteiger partial charge in [-0.2, -0.15) is 0 Å². The molecule has 2 N–H and O–H groups in total. The van der Waals surface area contributed by atoms with Crippen molar-refractivity contribution < 1.29 is 9.59 Å². The lowest BCUT2D eigenvalue weighted by molar-refractivity contribution is -0.132. The molecule has 1 atom stereocenters. The molecule has 3 amide bonds. The first-order valence-electron chi connectivity index (χ1n) is 9.82. The molecule has 1 heterocycles. The number of carbonyl (C=O) groups is 2. The standard InChI is InChI=1S/C23H29N3O2/c1-17-5-9-19(10-6-17)15-24-21(27)23(3)13-4-14-26(16-23)22(28)25-20-11-7-18(2)8-12-20/h5-12H,4,13-16H2,1-3H3,(H,24,27)(H,25,28)/t23-/m0/s1. The number of nitrogens with one attached hydrogen (secondary N) is 2. The van der Waals surface area contributed by atoms with Gasteiger partial charge in [-0.15, -0.1) is 0 Å². The van der Waals surface area contributed by atoms with Gasteiger partial charge in [0.15, 0.2) is 0 Å². The number of carbonyl (C=O) groups excluding carboxylic acids is 2. The Morgan fingerprint density at radius 1 is 1.00 bits per heavy atom. The van der Waals surface area contributed by atoms with E-state index in [1.54, 1.807) is 4.90 Å². The molecule has 1 aliphatic rings. The SMILES string of the molecule is Cc1ccc(CNC(=O)[C@@]2(C)CCCN(C(=O)Nc3ccc(C)cc3)C2)cc1. The molecule has 0 spiro atoms. The van der Waals surface area contributed by atoms with Gasteiger partial charge in [-0.3, -0.25) is 4.79 Å². The van der Waals surface area contributed by atoms with Gasteiger partial charge in [0, 0.05) is 25.3 Å². The predicted octanol–water partition coefficient (Wildman–Crippen LogP) is 4.25. The molecule has 0 bridgehead atoms. The second-order valence-corrected chi connectivity index (χ2v) is 8.05. The fraction of sp³-hybridized carbons (Fsp3) is 0.391. The molecule has 28 heavy (non-hydrogen) atoms. The normalized spacial score (nSPS) is 19.2. The third kappa shape index (κ3) is 4.91. The van der Waals surface area contributed by atoms with Crippen LogP contribution in [0.5, 0.6) is 0 Å². The molecule has 148 valence electrons. The minimum atomic E-state index is -0.576. The van der Waals surface area contributed by atoms with Crippen molar-refractivity contribution in [2.75, 3.05) is 18.4 Å². The third-order valence-electron chi connectivity index (χ3n) is 5.41. The third-order valence-corrected chi connectivity index (χ3v) is 5.41. The van der Waals surface area contributed by atoms with E-state index in [4.69, 9.17) is 0 Å². The van der Waals surface area contributed by atoms with Crippen molar-refractivity contribution in [2.24, 2.45) is 5.41 Å². The van der Waals surface area contributed by atoms with E-state index < -0.39 is 5.41 Å². The van der Waals surface area contributed by atoms with Crippen LogP contribution in [-0.4, -0.2) is 29.9 Å². The average Bonchev–Trinajstić information content (AvgIpc) is 2.69. The Kier molecular flexibility index (Phi) is 6.02. The molecule has 0 radical (unpaired) electrons. The lowest BCUT2D eigenvalue weighted by atomic mass is 9.81. The summed E-state index contributed by atoms with van der Waals surface area (Å²) >= 11 is 0. The summed E-state index contributed by atoms with van der Waals surface area (Å²) in [6, 6.07) is 15.7. The fourth-order valence-corrected chi connectivity index (χ4v) is 3.54. The Hall–Kier alpha value is -2.82. The average molecular weight is 380 g/mol. The van der Waals surface area contributed by atoms with Crippen molar-refractivity contribution in [2.45, 2.75) is 40.2 Å². The molecule has 5 heteroatoms. The van der Waals surface area contributed by atoms with E-state index in [2.05, 4.69) is 10.6 Å². The minimum Gasteiger partial charge on any atom is -0.351 e. The molecule has 2 aromatic carbocycles. The summed E-state index contributed by atoms with van der Waals surface area (Å²) in [5.74, 6) is 0.000843. The molecular weight excluding hydrogens is 350 g/mol. The predicted molar refractivity (Wildman–Crippen MR) is 112 cm³/mol. The number of rotatable bonds is 4. The van der Waals surface area contributed by atoms with Crippen molar-refractivity contribution in [1.82, 2.24) is 10.2 Å². The van der Waals surface area contributed by atoms with Crippen LogP contribution in [0.2, 0.25) is 0 Å². The molecule has 3 rings (SSSR count). The smallest absolute Gasteiger partial charge is 0.321 e. The lowest BCUT2D eigenvalue weighted by Gasteiger charge is -2.39. The lowest BCUT2D eigenvalue weighted by Crippen LogP contribution is -2.52. The number of nitrogens with zero attached hydrogens (tertiary/aromatic N) is 1. The summed E-state index contributed by atoms with van der Waals surface area (Å²) in [4.78, 5) is 27.3. The van der Waals surface area contributed by atoms with E-state index in [9.17, 15) is 9.59 Å². The summed E-state index contributed by atoms with van der Waals surface area (Å²) in [5.41, 5.74) is 3.62. The zero-order valence-corrected chi connectivity index (χ0v) is 16.9. The highest BCUT2D eigenvalue weighted by atomic mass is 16.2. The van der Waals surface area contributed by atoms with E-state index >= 15 is 0 Å². The number of aryl methyl sites for hydroxylation is 2. The van der Waals surface area contributed by atoms with Crippen LogP contribution in [-0.2, 0) is 11.3 Å². The van der Waals surface area contributed by atoms with Gasteiger partial charge in [0.25, 0.3) is 0 Å². The maximum Gasteiger partial charge on any atom is 0.321 e. The van der Waals surface area contributed by atoms with Gasteiger partial charge in [-0.1, -0.05) is 47.5 Å². The van der Waals surface area contributed by atoms with Crippen LogP contribution < -0.4 is 10.6 Å². The van der Waals surface area contributed by atoms with Crippen LogP contribution in [0.25, 0.3) is 0 Å². The van der Waals surface area contributed by atoms with Gasteiger partial charge in [-0.25, -0.2) is 4.79 Å². The molecule has 0 saturated carbocycles. The molecule has 1 fully saturated rings. The molecule has 1 aliphatic heterocycles. The molecule has 0 aliphatic carbocycles. The summed E-state index contributed by atoms with van der Waals surface area (Å²) < 4.78 is 0. The van der Waals surface area contributed by atoms with Gasteiger partial charge < -0.3 is 15.5 Å². The number of amides is 3. The zero-order valence-electron chi connectivity index (χ0n) is 16.9. The van der Waals surface area contributed by atoms with Crippen LogP contribution in [0.1, 0.15) is 36.5 Å². The summed E-state index contributed by atoms with van der Waals surface area (Å²) in [6.07, 6.45) is 1.59. The molecular formula is C23H29N3O2. The Morgan fingerprint density at radius 3 is 2.25 bits per heavy atom. The maximum absolute atomic E-state index is 12.9. The quantitative estimate of drug-likeness (QED) is 0.834. The molecule has 1 saturated heterocycles. The Labute approximate surface area is 167 Å². The van der Waals surface area contributed by atoms with E-state index in [0.29, 0.717) is 19.6 Å². The van der Waals surface area contributed by atoms with E-state index in [1.807, 2.05) is 69.3 Å². The van der Waals surface area contributed by atoms with Crippen molar-refractivity contribution in [3.05, 3.63) is 65.2 Å². The number of urea groups is 1. The van der Waals surface area contributed by atoms with Gasteiger partial charge in [0.05, 0.1) is 5.41 Å². The van der Waals surface area contributed by atoms with Crippen LogP contribution in [0.15, 0.2) is 48.5 Å².